The maximum atomic E-state index is 12.6. The average molecular weight is 455 g/mol. The molecule has 1 aliphatic rings. The fourth-order valence-corrected chi connectivity index (χ4v) is 3.99. The van der Waals surface area contributed by atoms with E-state index in [4.69, 9.17) is 27.9 Å². The quantitative estimate of drug-likeness (QED) is 0.541. The van der Waals surface area contributed by atoms with Crippen molar-refractivity contribution in [2.24, 2.45) is 0 Å². The lowest BCUT2D eigenvalue weighted by Crippen LogP contribution is -2.31. The second-order valence-electron chi connectivity index (χ2n) is 7.03. The van der Waals surface area contributed by atoms with Crippen LogP contribution in [-0.4, -0.2) is 27.5 Å². The number of carbonyl (C=O) groups is 1. The van der Waals surface area contributed by atoms with Gasteiger partial charge < -0.3 is 14.6 Å². The minimum Gasteiger partial charge on any atom is -0.482 e. The molecule has 0 spiro atoms. The Kier molecular flexibility index (Phi) is 4.86. The Morgan fingerprint density at radius 3 is 2.60 bits per heavy atom. The van der Waals surface area contributed by atoms with Crippen LogP contribution in [0.25, 0.3) is 16.9 Å². The lowest BCUT2D eigenvalue weighted by Gasteiger charge is -2.33. The van der Waals surface area contributed by atoms with Gasteiger partial charge in [-0.2, -0.15) is 13.9 Å². The van der Waals surface area contributed by atoms with Crippen molar-refractivity contribution in [2.75, 3.05) is 0 Å². The molecule has 1 aliphatic heterocycles. The number of aromatic nitrogens is 2. The number of rotatable bonds is 4. The van der Waals surface area contributed by atoms with Gasteiger partial charge in [0.2, 0.25) is 0 Å². The van der Waals surface area contributed by atoms with E-state index in [1.807, 2.05) is 0 Å². The molecule has 0 aliphatic carbocycles. The highest BCUT2D eigenvalue weighted by Crippen LogP contribution is 2.49. The Morgan fingerprint density at radius 2 is 1.97 bits per heavy atom. The van der Waals surface area contributed by atoms with Gasteiger partial charge in [0.15, 0.2) is 5.69 Å². The van der Waals surface area contributed by atoms with Crippen molar-refractivity contribution in [3.63, 3.8) is 0 Å². The molecule has 3 aromatic rings. The number of aromatic carboxylic acids is 1. The smallest absolute Gasteiger partial charge is 0.387 e. The van der Waals surface area contributed by atoms with Crippen molar-refractivity contribution in [1.82, 2.24) is 9.78 Å². The van der Waals surface area contributed by atoms with E-state index in [9.17, 15) is 18.7 Å². The number of carboxylic acids is 1. The molecule has 0 unspecified atom stereocenters. The molecule has 30 heavy (non-hydrogen) atoms. The van der Waals surface area contributed by atoms with Crippen LogP contribution in [0.2, 0.25) is 10.0 Å². The molecule has 0 saturated carbocycles. The highest BCUT2D eigenvalue weighted by molar-refractivity contribution is 6.35. The van der Waals surface area contributed by atoms with Gasteiger partial charge >= 0.3 is 12.6 Å². The minimum atomic E-state index is -2.99. The van der Waals surface area contributed by atoms with Gasteiger partial charge in [0, 0.05) is 16.7 Å². The van der Waals surface area contributed by atoms with Gasteiger partial charge in [-0.15, -0.1) is 0 Å². The van der Waals surface area contributed by atoms with E-state index in [1.54, 1.807) is 26.0 Å². The van der Waals surface area contributed by atoms with Crippen molar-refractivity contribution >= 4 is 29.2 Å². The van der Waals surface area contributed by atoms with Crippen molar-refractivity contribution in [1.29, 1.82) is 0 Å². The van der Waals surface area contributed by atoms with E-state index in [2.05, 4.69) is 9.84 Å². The zero-order valence-electron chi connectivity index (χ0n) is 15.6. The largest absolute Gasteiger partial charge is 0.482 e. The molecule has 0 atom stereocenters. The van der Waals surface area contributed by atoms with Gasteiger partial charge in [-0.1, -0.05) is 23.2 Å². The number of hydrogen-bond acceptors (Lipinski definition) is 4. The monoisotopic (exact) mass is 454 g/mol. The summed E-state index contributed by atoms with van der Waals surface area (Å²) in [5.41, 5.74) is 0.275. The van der Waals surface area contributed by atoms with E-state index in [-0.39, 0.29) is 22.2 Å². The zero-order chi connectivity index (χ0) is 21.8. The summed E-state index contributed by atoms with van der Waals surface area (Å²) < 4.78 is 37.1. The third-order valence-corrected chi connectivity index (χ3v) is 5.16. The number of alkyl halides is 2. The van der Waals surface area contributed by atoms with E-state index < -0.39 is 18.2 Å². The van der Waals surface area contributed by atoms with Crippen molar-refractivity contribution in [3.05, 3.63) is 57.7 Å². The van der Waals surface area contributed by atoms with Gasteiger partial charge in [-0.05, 0) is 44.2 Å². The van der Waals surface area contributed by atoms with Crippen LogP contribution in [-0.2, 0) is 5.60 Å². The molecule has 2 aromatic carbocycles. The molecular weight excluding hydrogens is 441 g/mol. The normalized spacial score (nSPS) is 14.1. The van der Waals surface area contributed by atoms with Crippen LogP contribution >= 0.6 is 23.2 Å². The van der Waals surface area contributed by atoms with Crippen LogP contribution in [0.4, 0.5) is 8.78 Å². The number of fused-ring (bicyclic) bond motifs is 3. The van der Waals surface area contributed by atoms with E-state index >= 15 is 0 Å². The van der Waals surface area contributed by atoms with Gasteiger partial charge in [-0.3, -0.25) is 0 Å². The van der Waals surface area contributed by atoms with Crippen molar-refractivity contribution < 1.29 is 28.2 Å². The summed E-state index contributed by atoms with van der Waals surface area (Å²) in [5.74, 6) is -1.08. The summed E-state index contributed by atoms with van der Waals surface area (Å²) in [4.78, 5) is 11.9. The average Bonchev–Trinajstić information content (AvgIpc) is 3.02. The number of carboxylic acid groups (broad SMARTS) is 1. The van der Waals surface area contributed by atoms with Gasteiger partial charge in [-0.25, -0.2) is 9.48 Å². The molecule has 0 fully saturated rings. The Hall–Kier alpha value is -2.84. The summed E-state index contributed by atoms with van der Waals surface area (Å²) in [7, 11) is 0. The Morgan fingerprint density at radius 1 is 1.23 bits per heavy atom. The molecule has 0 bridgehead atoms. The van der Waals surface area contributed by atoms with Crippen LogP contribution in [0.3, 0.4) is 0 Å². The van der Waals surface area contributed by atoms with Crippen LogP contribution < -0.4 is 9.47 Å². The highest BCUT2D eigenvalue weighted by atomic mass is 35.5. The first-order valence-corrected chi connectivity index (χ1v) is 9.44. The van der Waals surface area contributed by atoms with E-state index in [0.717, 1.165) is 0 Å². The van der Waals surface area contributed by atoms with E-state index in [1.165, 1.54) is 28.9 Å². The standard InChI is InChI=1S/C20H14Cl2F2N2O4/c1-20(2)15-16(18(27)28)25-26(13-6-3-9(21)7-12(13)22)17(15)11-5-4-10(29-19(23)24)8-14(11)30-20/h3-8,19H,1-2H3,(H,27,28). The second-order valence-corrected chi connectivity index (χ2v) is 7.88. The Balaban J connectivity index is 2.02. The lowest BCUT2D eigenvalue weighted by molar-refractivity contribution is -0.0500. The summed E-state index contributed by atoms with van der Waals surface area (Å²) in [6.45, 7) is 0.335. The Labute approximate surface area is 179 Å². The van der Waals surface area contributed by atoms with Crippen molar-refractivity contribution in [2.45, 2.75) is 26.1 Å². The van der Waals surface area contributed by atoms with Gasteiger partial charge in [0.1, 0.15) is 17.1 Å². The minimum absolute atomic E-state index is 0.0861. The molecule has 10 heteroatoms. The summed E-state index contributed by atoms with van der Waals surface area (Å²) in [5, 5.41) is 14.7. The Bertz CT molecular complexity index is 1180. The number of ether oxygens (including phenoxy) is 2. The second kappa shape index (κ2) is 7.14. The van der Waals surface area contributed by atoms with Crippen LogP contribution in [0, 0.1) is 0 Å². The summed E-state index contributed by atoms with van der Waals surface area (Å²) in [6, 6.07) is 8.90. The zero-order valence-corrected chi connectivity index (χ0v) is 17.1. The van der Waals surface area contributed by atoms with Gasteiger partial charge in [0.05, 0.1) is 22.0 Å². The lowest BCUT2D eigenvalue weighted by atomic mass is 9.89. The third kappa shape index (κ3) is 3.36. The molecule has 0 saturated heterocycles. The molecule has 1 N–H and O–H groups in total. The number of hydrogen-bond donors (Lipinski definition) is 1. The first-order chi connectivity index (χ1) is 14.1. The first kappa shape index (κ1) is 20.4. The summed E-state index contributed by atoms with van der Waals surface area (Å²) in [6.07, 6.45) is 0. The summed E-state index contributed by atoms with van der Waals surface area (Å²) >= 11 is 12.3. The van der Waals surface area contributed by atoms with Crippen LogP contribution in [0.1, 0.15) is 29.9 Å². The molecule has 6 nitrogen and oxygen atoms in total. The number of halogens is 4. The molecule has 0 radical (unpaired) electrons. The SMILES string of the molecule is CC1(C)Oc2cc(OC(F)F)ccc2-c2c1c(C(=O)O)nn2-c1ccc(Cl)cc1Cl. The molecule has 2 heterocycles. The fraction of sp³-hybridized carbons (Fsp3) is 0.200. The van der Waals surface area contributed by atoms with Crippen LogP contribution in [0.15, 0.2) is 36.4 Å². The molecule has 0 amide bonds. The third-order valence-electron chi connectivity index (χ3n) is 4.63. The predicted molar refractivity (Wildman–Crippen MR) is 106 cm³/mol. The number of nitrogens with zero attached hydrogens (tertiary/aromatic N) is 2. The predicted octanol–water partition coefficient (Wildman–Crippen LogP) is 5.77. The van der Waals surface area contributed by atoms with E-state index in [0.29, 0.717) is 27.5 Å². The molecule has 1 aromatic heterocycles. The van der Waals surface area contributed by atoms with Crippen molar-refractivity contribution in [3.8, 4) is 28.4 Å². The first-order valence-electron chi connectivity index (χ1n) is 8.69. The fourth-order valence-electron chi connectivity index (χ4n) is 3.50. The molecule has 4 rings (SSSR count). The molecule has 156 valence electrons. The topological polar surface area (TPSA) is 73.6 Å². The maximum Gasteiger partial charge on any atom is 0.387 e. The van der Waals surface area contributed by atoms with Crippen LogP contribution in [0.5, 0.6) is 11.5 Å². The maximum absolute atomic E-state index is 12.6. The van der Waals surface area contributed by atoms with Gasteiger partial charge in [0.25, 0.3) is 0 Å². The molecular formula is C20H14Cl2F2N2O4. The number of benzene rings is 2. The highest BCUT2D eigenvalue weighted by Gasteiger charge is 2.41.